The van der Waals surface area contributed by atoms with Crippen molar-refractivity contribution in [2.75, 3.05) is 43.1 Å². The van der Waals surface area contributed by atoms with E-state index >= 15 is 0 Å². The zero-order valence-electron chi connectivity index (χ0n) is 14.9. The summed E-state index contributed by atoms with van der Waals surface area (Å²) in [5.41, 5.74) is 0.899. The molecule has 1 aromatic rings. The van der Waals surface area contributed by atoms with E-state index in [1.54, 1.807) is 17.0 Å². The molecule has 1 aromatic carbocycles. The molecule has 0 aromatic heterocycles. The van der Waals surface area contributed by atoms with Crippen LogP contribution in [0.15, 0.2) is 18.2 Å². The predicted molar refractivity (Wildman–Crippen MR) is 93.0 cm³/mol. The van der Waals surface area contributed by atoms with Crippen molar-refractivity contribution in [1.29, 1.82) is 0 Å². The van der Waals surface area contributed by atoms with Crippen LogP contribution in [0.1, 0.15) is 27.7 Å². The monoisotopic (exact) mass is 335 g/mol. The molecule has 0 aliphatic carbocycles. The number of hydrogen-bond acceptors (Lipinski definition) is 3. The molecule has 2 amide bonds. The number of nitrogens with one attached hydrogen (secondary N) is 1. The maximum atomic E-state index is 14.4. The summed E-state index contributed by atoms with van der Waals surface area (Å²) in [6, 6.07) is 4.68. The Balaban J connectivity index is 1.68. The Hall–Kier alpha value is -1.82. The van der Waals surface area contributed by atoms with E-state index in [4.69, 9.17) is 4.74 Å². The molecule has 132 valence electrons. The Morgan fingerprint density at radius 1 is 1.21 bits per heavy atom. The van der Waals surface area contributed by atoms with Crippen LogP contribution in [0.2, 0.25) is 0 Å². The second kappa shape index (κ2) is 5.92. The van der Waals surface area contributed by atoms with Crippen LogP contribution in [0.5, 0.6) is 0 Å². The molecular formula is C18H26FN3O2. The third-order valence-electron chi connectivity index (χ3n) is 5.68. The lowest BCUT2D eigenvalue weighted by Gasteiger charge is -2.60. The summed E-state index contributed by atoms with van der Waals surface area (Å²) < 4.78 is 19.7. The first-order chi connectivity index (χ1) is 11.2. The average molecular weight is 335 g/mol. The van der Waals surface area contributed by atoms with Gasteiger partial charge in [0.25, 0.3) is 0 Å². The number of benzene rings is 1. The van der Waals surface area contributed by atoms with Crippen LogP contribution < -0.4 is 10.2 Å². The number of rotatable bonds is 2. The first-order valence-corrected chi connectivity index (χ1v) is 8.43. The van der Waals surface area contributed by atoms with Gasteiger partial charge in [0.05, 0.1) is 18.9 Å². The average Bonchev–Trinajstić information content (AvgIpc) is 2.53. The van der Waals surface area contributed by atoms with E-state index in [0.29, 0.717) is 44.2 Å². The second-order valence-corrected chi connectivity index (χ2v) is 7.72. The van der Waals surface area contributed by atoms with Crippen molar-refractivity contribution in [3.8, 4) is 0 Å². The largest absolute Gasteiger partial charge is 0.378 e. The van der Waals surface area contributed by atoms with Crippen molar-refractivity contribution in [1.82, 2.24) is 4.90 Å². The van der Waals surface area contributed by atoms with Crippen LogP contribution in [0.4, 0.5) is 20.6 Å². The summed E-state index contributed by atoms with van der Waals surface area (Å²) in [5.74, 6) is -0.321. The van der Waals surface area contributed by atoms with Crippen LogP contribution in [-0.4, -0.2) is 49.3 Å². The molecule has 0 atom stereocenters. The summed E-state index contributed by atoms with van der Waals surface area (Å²) in [4.78, 5) is 16.2. The zero-order chi connectivity index (χ0) is 17.5. The second-order valence-electron chi connectivity index (χ2n) is 7.72. The molecule has 1 N–H and O–H groups in total. The Morgan fingerprint density at radius 3 is 2.42 bits per heavy atom. The van der Waals surface area contributed by atoms with Crippen molar-refractivity contribution in [2.24, 2.45) is 5.41 Å². The fourth-order valence-corrected chi connectivity index (χ4v) is 3.22. The van der Waals surface area contributed by atoms with E-state index in [-0.39, 0.29) is 22.8 Å². The SMILES string of the molecule is CC1(C)CN(C(=O)Nc2ccc(N3CCOCC3)c(F)c2)C1(C)C. The number of nitrogens with zero attached hydrogens (tertiary/aromatic N) is 2. The number of ether oxygens (including phenoxy) is 1. The van der Waals surface area contributed by atoms with Gasteiger partial charge in [0.2, 0.25) is 0 Å². The van der Waals surface area contributed by atoms with E-state index in [2.05, 4.69) is 33.0 Å². The zero-order valence-corrected chi connectivity index (χ0v) is 14.9. The Bertz CT molecular complexity index is 639. The number of hydrogen-bond donors (Lipinski definition) is 1. The highest BCUT2D eigenvalue weighted by Crippen LogP contribution is 2.46. The van der Waals surface area contributed by atoms with Crippen LogP contribution >= 0.6 is 0 Å². The Kier molecular flexibility index (Phi) is 4.20. The van der Waals surface area contributed by atoms with Gasteiger partial charge in [-0.2, -0.15) is 0 Å². The minimum atomic E-state index is -0.321. The van der Waals surface area contributed by atoms with E-state index in [1.165, 1.54) is 6.07 Å². The normalized spacial score (nSPS) is 22.0. The lowest BCUT2D eigenvalue weighted by molar-refractivity contribution is -0.0770. The Morgan fingerprint density at radius 2 is 1.88 bits per heavy atom. The third-order valence-corrected chi connectivity index (χ3v) is 5.68. The van der Waals surface area contributed by atoms with Crippen molar-refractivity contribution in [3.05, 3.63) is 24.0 Å². The van der Waals surface area contributed by atoms with Gasteiger partial charge in [-0.1, -0.05) is 13.8 Å². The number of likely N-dealkylation sites (tertiary alicyclic amines) is 1. The van der Waals surface area contributed by atoms with Gasteiger partial charge in [0.15, 0.2) is 0 Å². The summed E-state index contributed by atoms with van der Waals surface area (Å²) in [5, 5.41) is 2.81. The first kappa shape index (κ1) is 17.0. The van der Waals surface area contributed by atoms with Gasteiger partial charge < -0.3 is 19.9 Å². The Labute approximate surface area is 142 Å². The highest BCUT2D eigenvalue weighted by atomic mass is 19.1. The molecule has 2 aliphatic heterocycles. The van der Waals surface area contributed by atoms with E-state index in [1.807, 2.05) is 4.90 Å². The minimum Gasteiger partial charge on any atom is -0.378 e. The third kappa shape index (κ3) is 2.83. The van der Waals surface area contributed by atoms with Gasteiger partial charge in [-0.15, -0.1) is 0 Å². The molecule has 0 bridgehead atoms. The van der Waals surface area contributed by atoms with Crippen LogP contribution in [-0.2, 0) is 4.74 Å². The molecule has 2 fully saturated rings. The minimum absolute atomic E-state index is 0.0791. The summed E-state index contributed by atoms with van der Waals surface area (Å²) in [7, 11) is 0. The molecule has 5 nitrogen and oxygen atoms in total. The maximum Gasteiger partial charge on any atom is 0.322 e. The number of morpholine rings is 1. The molecular weight excluding hydrogens is 309 g/mol. The summed E-state index contributed by atoms with van der Waals surface area (Å²) in [6.07, 6.45) is 0. The fourth-order valence-electron chi connectivity index (χ4n) is 3.22. The van der Waals surface area contributed by atoms with E-state index in [0.717, 1.165) is 0 Å². The number of amides is 2. The number of halogens is 1. The van der Waals surface area contributed by atoms with Crippen LogP contribution in [0.3, 0.4) is 0 Å². The molecule has 0 radical (unpaired) electrons. The van der Waals surface area contributed by atoms with Crippen LogP contribution in [0, 0.1) is 11.2 Å². The number of anilines is 2. The predicted octanol–water partition coefficient (Wildman–Crippen LogP) is 3.31. The molecule has 24 heavy (non-hydrogen) atoms. The van der Waals surface area contributed by atoms with Crippen molar-refractivity contribution < 1.29 is 13.9 Å². The van der Waals surface area contributed by atoms with Gasteiger partial charge >= 0.3 is 6.03 Å². The summed E-state index contributed by atoms with van der Waals surface area (Å²) in [6.45, 7) is 11.7. The fraction of sp³-hybridized carbons (Fsp3) is 0.611. The van der Waals surface area contributed by atoms with Crippen molar-refractivity contribution in [2.45, 2.75) is 33.2 Å². The molecule has 0 spiro atoms. The van der Waals surface area contributed by atoms with Crippen molar-refractivity contribution >= 4 is 17.4 Å². The topological polar surface area (TPSA) is 44.8 Å². The molecule has 3 rings (SSSR count). The van der Waals surface area contributed by atoms with Gasteiger partial charge in [0, 0.05) is 36.3 Å². The molecule has 2 saturated heterocycles. The highest BCUT2D eigenvalue weighted by molar-refractivity contribution is 5.91. The molecule has 0 saturated carbocycles. The quantitative estimate of drug-likeness (QED) is 0.902. The number of carbonyl (C=O) groups is 1. The lowest BCUT2D eigenvalue weighted by Crippen LogP contribution is -2.71. The van der Waals surface area contributed by atoms with Crippen molar-refractivity contribution in [3.63, 3.8) is 0 Å². The van der Waals surface area contributed by atoms with E-state index < -0.39 is 0 Å². The molecule has 2 aliphatic rings. The summed E-state index contributed by atoms with van der Waals surface area (Å²) >= 11 is 0. The first-order valence-electron chi connectivity index (χ1n) is 8.43. The van der Waals surface area contributed by atoms with Gasteiger partial charge in [-0.25, -0.2) is 9.18 Å². The highest BCUT2D eigenvalue weighted by Gasteiger charge is 2.54. The smallest absolute Gasteiger partial charge is 0.322 e. The molecule has 0 unspecified atom stereocenters. The standard InChI is InChI=1S/C18H26FN3O2/c1-17(2)12-22(18(17,3)4)16(23)20-13-5-6-15(14(19)11-13)21-7-9-24-10-8-21/h5-6,11H,7-10,12H2,1-4H3,(H,20,23). The van der Waals surface area contributed by atoms with Crippen LogP contribution in [0.25, 0.3) is 0 Å². The van der Waals surface area contributed by atoms with E-state index in [9.17, 15) is 9.18 Å². The molecule has 6 heteroatoms. The molecule has 2 heterocycles. The number of urea groups is 1. The lowest BCUT2D eigenvalue weighted by atomic mass is 9.65. The maximum absolute atomic E-state index is 14.4. The van der Waals surface area contributed by atoms with Gasteiger partial charge in [0.1, 0.15) is 5.82 Å². The van der Waals surface area contributed by atoms with Gasteiger partial charge in [-0.3, -0.25) is 0 Å². The number of carbonyl (C=O) groups excluding carboxylic acids is 1. The van der Waals surface area contributed by atoms with Gasteiger partial charge in [-0.05, 0) is 32.0 Å².